The standard InChI is InChI=1S/2C16H36N.C8H17O.BrH/c2*1-5-9-13-17(14-10-6-2,15-11-7-3)16-12-8-4;1-2-3-4-5-6-7-8-9;/h2*5-16H2,1-4H3;2-8H2,1H3;1H/q2*+1;-1;/p-1. The molecule has 0 N–H and O–H groups in total. The van der Waals surface area contributed by atoms with Crippen molar-refractivity contribution >= 4 is 0 Å². The first-order valence-corrected chi connectivity index (χ1v) is 20.2. The lowest BCUT2D eigenvalue weighted by Gasteiger charge is -2.39. The summed E-state index contributed by atoms with van der Waals surface area (Å²) in [7, 11) is 0. The van der Waals surface area contributed by atoms with Gasteiger partial charge in [0.25, 0.3) is 0 Å². The van der Waals surface area contributed by atoms with Gasteiger partial charge in [-0.2, -0.15) is 0 Å². The average Bonchev–Trinajstić information content (AvgIpc) is 3.04. The van der Waals surface area contributed by atoms with Crippen LogP contribution in [0.3, 0.4) is 0 Å². The Morgan fingerprint density at radius 1 is 0.273 bits per heavy atom. The van der Waals surface area contributed by atoms with Crippen molar-refractivity contribution in [3.05, 3.63) is 0 Å². The number of halogens is 1. The molecule has 4 heteroatoms. The van der Waals surface area contributed by atoms with Crippen LogP contribution in [0.4, 0.5) is 0 Å². The Balaban J connectivity index is -0.000000283. The Labute approximate surface area is 292 Å². The molecule has 0 atom stereocenters. The highest BCUT2D eigenvalue weighted by molar-refractivity contribution is 4.50. The molecule has 0 rings (SSSR count). The van der Waals surface area contributed by atoms with Gasteiger partial charge in [0.05, 0.1) is 52.4 Å². The third-order valence-electron chi connectivity index (χ3n) is 9.39. The highest BCUT2D eigenvalue weighted by Gasteiger charge is 2.25. The Morgan fingerprint density at radius 2 is 0.455 bits per heavy atom. The first-order valence-electron chi connectivity index (χ1n) is 20.2. The molecule has 0 spiro atoms. The van der Waals surface area contributed by atoms with E-state index in [1.807, 2.05) is 0 Å². The minimum atomic E-state index is 0. The number of rotatable bonds is 30. The quantitative estimate of drug-likeness (QED) is 0.0546. The fourth-order valence-corrected chi connectivity index (χ4v) is 6.17. The summed E-state index contributed by atoms with van der Waals surface area (Å²) in [6, 6.07) is 0. The third kappa shape index (κ3) is 33.7. The van der Waals surface area contributed by atoms with Crippen LogP contribution in [0.15, 0.2) is 0 Å². The molecule has 0 fully saturated rings. The van der Waals surface area contributed by atoms with Gasteiger partial charge in [-0.15, -0.1) is 6.61 Å². The molecule has 0 radical (unpaired) electrons. The molecule has 272 valence electrons. The van der Waals surface area contributed by atoms with Crippen LogP contribution in [-0.4, -0.2) is 67.9 Å². The Hall–Kier alpha value is 0.360. The monoisotopic (exact) mass is 693 g/mol. The van der Waals surface area contributed by atoms with Gasteiger partial charge in [0.15, 0.2) is 0 Å². The lowest BCUT2D eigenvalue weighted by atomic mass is 10.1. The molecule has 0 saturated heterocycles. The van der Waals surface area contributed by atoms with E-state index in [1.54, 1.807) is 0 Å². The molecule has 44 heavy (non-hydrogen) atoms. The predicted octanol–water partition coefficient (Wildman–Crippen LogP) is 8.72. The summed E-state index contributed by atoms with van der Waals surface area (Å²) in [4.78, 5) is 0. The third-order valence-corrected chi connectivity index (χ3v) is 9.39. The second-order valence-corrected chi connectivity index (χ2v) is 13.8. The number of nitrogens with zero attached hydrogens (tertiary/aromatic N) is 2. The SMILES string of the molecule is CCCCCCCC[O-].CCCC[N+](CCCC)(CCCC)CCCC.CCCC[N+](CCCC)(CCCC)CCCC.[Br-]. The van der Waals surface area contributed by atoms with Crippen LogP contribution >= 0.6 is 0 Å². The summed E-state index contributed by atoms with van der Waals surface area (Å²) in [6.45, 7) is 32.4. The van der Waals surface area contributed by atoms with E-state index in [1.165, 1.54) is 190 Å². The Bertz CT molecular complexity index is 371. The highest BCUT2D eigenvalue weighted by Crippen LogP contribution is 2.17. The van der Waals surface area contributed by atoms with Gasteiger partial charge < -0.3 is 31.1 Å². The molecule has 0 unspecified atom stereocenters. The number of unbranched alkanes of at least 4 members (excludes halogenated alkanes) is 13. The van der Waals surface area contributed by atoms with Gasteiger partial charge in [0.2, 0.25) is 0 Å². The van der Waals surface area contributed by atoms with E-state index in [0.29, 0.717) is 0 Å². The van der Waals surface area contributed by atoms with Crippen LogP contribution < -0.4 is 22.1 Å². The minimum absolute atomic E-state index is 0. The molecule has 0 aromatic carbocycles. The molecule has 0 aliphatic heterocycles. The molecule has 0 amide bonds. The van der Waals surface area contributed by atoms with Gasteiger partial charge in [-0.3, -0.25) is 0 Å². The van der Waals surface area contributed by atoms with Crippen molar-refractivity contribution in [1.29, 1.82) is 0 Å². The molecule has 0 heterocycles. The largest absolute Gasteiger partial charge is 1.00 e. The Morgan fingerprint density at radius 3 is 0.636 bits per heavy atom. The number of hydrogen-bond donors (Lipinski definition) is 0. The second kappa shape index (κ2) is 41.4. The van der Waals surface area contributed by atoms with Crippen molar-refractivity contribution in [3.63, 3.8) is 0 Å². The molecule has 0 saturated carbocycles. The fourth-order valence-electron chi connectivity index (χ4n) is 6.17. The highest BCUT2D eigenvalue weighted by atomic mass is 79.9. The lowest BCUT2D eigenvalue weighted by Crippen LogP contribution is -3.00. The van der Waals surface area contributed by atoms with E-state index in [9.17, 15) is 5.11 Å². The van der Waals surface area contributed by atoms with Crippen molar-refractivity contribution in [3.8, 4) is 0 Å². The molecule has 0 bridgehead atoms. The molecule has 0 aliphatic carbocycles. The zero-order valence-corrected chi connectivity index (χ0v) is 34.2. The van der Waals surface area contributed by atoms with Crippen molar-refractivity contribution in [2.24, 2.45) is 0 Å². The predicted molar refractivity (Wildman–Crippen MR) is 197 cm³/mol. The zero-order chi connectivity index (χ0) is 32.9. The van der Waals surface area contributed by atoms with Gasteiger partial charge in [-0.25, -0.2) is 0 Å². The number of hydrogen-bond acceptors (Lipinski definition) is 1. The normalized spacial score (nSPS) is 11.3. The van der Waals surface area contributed by atoms with Gasteiger partial charge in [0, 0.05) is 0 Å². The van der Waals surface area contributed by atoms with E-state index in [4.69, 9.17) is 0 Å². The maximum absolute atomic E-state index is 9.96. The average molecular weight is 694 g/mol. The minimum Gasteiger partial charge on any atom is -1.00 e. The fraction of sp³-hybridized carbons (Fsp3) is 1.00. The summed E-state index contributed by atoms with van der Waals surface area (Å²) >= 11 is 0. The number of quaternary nitrogens is 2. The lowest BCUT2D eigenvalue weighted by molar-refractivity contribution is -0.929. The van der Waals surface area contributed by atoms with Crippen molar-refractivity contribution < 1.29 is 31.1 Å². The van der Waals surface area contributed by atoms with Crippen LogP contribution in [0.5, 0.6) is 0 Å². The maximum Gasteiger partial charge on any atom is 0.0786 e. The first kappa shape index (κ1) is 51.2. The van der Waals surface area contributed by atoms with E-state index in [0.717, 1.165) is 12.8 Å². The van der Waals surface area contributed by atoms with Crippen molar-refractivity contribution in [1.82, 2.24) is 0 Å². The summed E-state index contributed by atoms with van der Waals surface area (Å²) in [5.74, 6) is 0. The van der Waals surface area contributed by atoms with Gasteiger partial charge >= 0.3 is 0 Å². The van der Waals surface area contributed by atoms with Crippen molar-refractivity contribution in [2.75, 3.05) is 59.0 Å². The second-order valence-electron chi connectivity index (χ2n) is 13.8. The van der Waals surface area contributed by atoms with Crippen LogP contribution in [0.25, 0.3) is 0 Å². The molecular formula is C40H89BrN2O. The molecule has 0 aromatic rings. The van der Waals surface area contributed by atoms with Crippen molar-refractivity contribution in [2.45, 2.75) is 204 Å². The summed E-state index contributed by atoms with van der Waals surface area (Å²) < 4.78 is 2.84. The topological polar surface area (TPSA) is 23.1 Å². The van der Waals surface area contributed by atoms with E-state index >= 15 is 0 Å². The zero-order valence-electron chi connectivity index (χ0n) is 32.6. The van der Waals surface area contributed by atoms with Gasteiger partial charge in [-0.1, -0.05) is 152 Å². The summed E-state index contributed by atoms with van der Waals surface area (Å²) in [5, 5.41) is 9.96. The first-order chi connectivity index (χ1) is 20.9. The van der Waals surface area contributed by atoms with E-state index in [2.05, 4.69) is 62.3 Å². The summed E-state index contributed by atoms with van der Waals surface area (Å²) in [6.07, 6.45) is 29.3. The van der Waals surface area contributed by atoms with Crippen LogP contribution in [0.2, 0.25) is 0 Å². The van der Waals surface area contributed by atoms with Crippen LogP contribution in [-0.2, 0) is 0 Å². The smallest absolute Gasteiger partial charge is 0.0786 e. The molecular weight excluding hydrogens is 604 g/mol. The molecule has 3 nitrogen and oxygen atoms in total. The van der Waals surface area contributed by atoms with E-state index < -0.39 is 0 Å². The summed E-state index contributed by atoms with van der Waals surface area (Å²) in [5.41, 5.74) is 0. The maximum atomic E-state index is 9.96. The van der Waals surface area contributed by atoms with Gasteiger partial charge in [-0.05, 0) is 51.4 Å². The van der Waals surface area contributed by atoms with E-state index in [-0.39, 0.29) is 23.6 Å². The molecule has 0 aromatic heterocycles. The van der Waals surface area contributed by atoms with Crippen LogP contribution in [0.1, 0.15) is 204 Å². The van der Waals surface area contributed by atoms with Crippen LogP contribution in [0, 0.1) is 0 Å². The van der Waals surface area contributed by atoms with Gasteiger partial charge in [0.1, 0.15) is 0 Å². The molecule has 0 aliphatic rings. The Kier molecular flexibility index (Phi) is 48.2.